The summed E-state index contributed by atoms with van der Waals surface area (Å²) in [5.74, 6) is 1.16. The summed E-state index contributed by atoms with van der Waals surface area (Å²) in [5.41, 5.74) is 1.87. The average Bonchev–Trinajstić information content (AvgIpc) is 2.81. The summed E-state index contributed by atoms with van der Waals surface area (Å²) in [6.07, 6.45) is 7.25. The molecule has 2 rings (SSSR count). The molecule has 0 atom stereocenters. The van der Waals surface area contributed by atoms with Crippen molar-refractivity contribution >= 4 is 23.6 Å². The van der Waals surface area contributed by atoms with Gasteiger partial charge in [-0.15, -0.1) is 0 Å². The number of unbranched alkanes of at least 4 members (excludes halogenated alkanes) is 2. The number of amides is 1. The van der Waals surface area contributed by atoms with Gasteiger partial charge < -0.3 is 19.5 Å². The second-order valence-corrected chi connectivity index (χ2v) is 8.18. The molecule has 2 aromatic carbocycles. The van der Waals surface area contributed by atoms with Crippen molar-refractivity contribution in [3.05, 3.63) is 59.7 Å². The zero-order chi connectivity index (χ0) is 24.1. The number of anilines is 1. The maximum absolute atomic E-state index is 12.3. The Morgan fingerprint density at radius 1 is 1.00 bits per heavy atom. The molecule has 0 aliphatic carbocycles. The molecule has 33 heavy (non-hydrogen) atoms. The maximum Gasteiger partial charge on any atom is 0.338 e. The third-order valence-corrected chi connectivity index (χ3v) is 4.94. The van der Waals surface area contributed by atoms with E-state index in [1.807, 2.05) is 18.2 Å². The van der Waals surface area contributed by atoms with Crippen LogP contribution in [0, 0.1) is 5.92 Å². The molecular weight excluding hydrogens is 418 g/mol. The molecule has 2 aromatic rings. The quantitative estimate of drug-likeness (QED) is 0.225. The van der Waals surface area contributed by atoms with E-state index in [0.717, 1.165) is 31.2 Å². The minimum atomic E-state index is -0.361. The van der Waals surface area contributed by atoms with Crippen molar-refractivity contribution in [1.29, 1.82) is 0 Å². The second-order valence-electron chi connectivity index (χ2n) is 8.18. The molecule has 0 saturated heterocycles. The molecule has 0 spiro atoms. The molecule has 178 valence electrons. The number of methoxy groups -OCH3 is 1. The summed E-state index contributed by atoms with van der Waals surface area (Å²) in [5, 5.41) is 2.78. The van der Waals surface area contributed by atoms with Gasteiger partial charge in [0.05, 0.1) is 25.9 Å². The number of hydrogen-bond donors (Lipinski definition) is 1. The van der Waals surface area contributed by atoms with Crippen LogP contribution in [0.4, 0.5) is 5.69 Å². The van der Waals surface area contributed by atoms with E-state index in [-0.39, 0.29) is 11.9 Å². The topological polar surface area (TPSA) is 73.9 Å². The summed E-state index contributed by atoms with van der Waals surface area (Å²) in [6, 6.07) is 12.2. The van der Waals surface area contributed by atoms with E-state index in [2.05, 4.69) is 26.1 Å². The Morgan fingerprint density at radius 2 is 1.76 bits per heavy atom. The Morgan fingerprint density at radius 3 is 2.42 bits per heavy atom. The van der Waals surface area contributed by atoms with E-state index in [1.54, 1.807) is 37.5 Å². The Kier molecular flexibility index (Phi) is 11.0. The highest BCUT2D eigenvalue weighted by molar-refractivity contribution is 6.02. The molecular formula is C27H35NO5. The van der Waals surface area contributed by atoms with Gasteiger partial charge >= 0.3 is 5.97 Å². The van der Waals surface area contributed by atoms with Gasteiger partial charge in [-0.2, -0.15) is 0 Å². The molecule has 6 nitrogen and oxygen atoms in total. The number of esters is 1. The van der Waals surface area contributed by atoms with Crippen molar-refractivity contribution in [3.63, 3.8) is 0 Å². The molecule has 0 unspecified atom stereocenters. The molecule has 6 heteroatoms. The van der Waals surface area contributed by atoms with Gasteiger partial charge in [-0.1, -0.05) is 39.7 Å². The first-order chi connectivity index (χ1) is 15.9. The van der Waals surface area contributed by atoms with Crippen molar-refractivity contribution < 1.29 is 23.8 Å². The van der Waals surface area contributed by atoms with Crippen LogP contribution in [-0.4, -0.2) is 32.2 Å². The first-order valence-corrected chi connectivity index (χ1v) is 11.5. The van der Waals surface area contributed by atoms with Crippen LogP contribution in [0.1, 0.15) is 62.4 Å². The highest BCUT2D eigenvalue weighted by atomic mass is 16.5. The standard InChI is InChI=1S/C27H35NO5/c1-5-6-7-17-32-24-14-8-21(19-25(24)31-4)9-15-26(29)28-23-12-10-22(11-13-23)27(30)33-18-16-20(2)3/h8-15,19-20H,5-7,16-18H2,1-4H3,(H,28,29)/b15-9+. The zero-order valence-electron chi connectivity index (χ0n) is 20.1. The molecule has 0 heterocycles. The first kappa shape index (κ1) is 26.0. The fraction of sp³-hybridized carbons (Fsp3) is 0.407. The van der Waals surface area contributed by atoms with E-state index in [9.17, 15) is 9.59 Å². The third kappa shape index (κ3) is 9.39. The molecule has 1 amide bonds. The van der Waals surface area contributed by atoms with Crippen molar-refractivity contribution in [2.75, 3.05) is 25.6 Å². The molecule has 0 bridgehead atoms. The number of carbonyl (C=O) groups excluding carboxylic acids is 2. The molecule has 0 radical (unpaired) electrons. The Bertz CT molecular complexity index is 919. The van der Waals surface area contributed by atoms with Crippen molar-refractivity contribution in [1.82, 2.24) is 0 Å². The average molecular weight is 454 g/mol. The van der Waals surface area contributed by atoms with Crippen LogP contribution in [0.25, 0.3) is 6.08 Å². The number of rotatable bonds is 13. The molecule has 0 aromatic heterocycles. The molecule has 0 aliphatic heterocycles. The smallest absolute Gasteiger partial charge is 0.338 e. The monoisotopic (exact) mass is 453 g/mol. The van der Waals surface area contributed by atoms with Crippen LogP contribution in [0.5, 0.6) is 11.5 Å². The molecule has 0 aliphatic rings. The fourth-order valence-corrected chi connectivity index (χ4v) is 2.96. The minimum absolute atomic E-state index is 0.277. The lowest BCUT2D eigenvalue weighted by molar-refractivity contribution is -0.111. The Balaban J connectivity index is 1.89. The summed E-state index contributed by atoms with van der Waals surface area (Å²) in [4.78, 5) is 24.3. The van der Waals surface area contributed by atoms with Gasteiger partial charge in [-0.3, -0.25) is 4.79 Å². The number of ether oxygens (including phenoxy) is 3. The first-order valence-electron chi connectivity index (χ1n) is 11.5. The van der Waals surface area contributed by atoms with Crippen LogP contribution in [0.15, 0.2) is 48.5 Å². The highest BCUT2D eigenvalue weighted by Crippen LogP contribution is 2.28. The predicted molar refractivity (Wildman–Crippen MR) is 132 cm³/mol. The SMILES string of the molecule is CCCCCOc1ccc(/C=C/C(=O)Nc2ccc(C(=O)OCCC(C)C)cc2)cc1OC. The van der Waals surface area contributed by atoms with Crippen molar-refractivity contribution in [2.45, 2.75) is 46.5 Å². The van der Waals surface area contributed by atoms with Crippen LogP contribution in [-0.2, 0) is 9.53 Å². The van der Waals surface area contributed by atoms with E-state index in [4.69, 9.17) is 14.2 Å². The van der Waals surface area contributed by atoms with Gasteiger partial charge in [0.1, 0.15) is 0 Å². The molecule has 0 saturated carbocycles. The van der Waals surface area contributed by atoms with Crippen LogP contribution < -0.4 is 14.8 Å². The number of nitrogens with one attached hydrogen (secondary N) is 1. The van der Waals surface area contributed by atoms with Gasteiger partial charge in [-0.05, 0) is 66.8 Å². The van der Waals surface area contributed by atoms with E-state index >= 15 is 0 Å². The predicted octanol–water partition coefficient (Wildman–Crippen LogP) is 6.12. The lowest BCUT2D eigenvalue weighted by Crippen LogP contribution is -2.10. The minimum Gasteiger partial charge on any atom is -0.493 e. The van der Waals surface area contributed by atoms with E-state index < -0.39 is 0 Å². The van der Waals surface area contributed by atoms with E-state index in [0.29, 0.717) is 41.9 Å². The lowest BCUT2D eigenvalue weighted by atomic mass is 10.1. The number of benzene rings is 2. The molecule has 1 N–H and O–H groups in total. The Hall–Kier alpha value is -3.28. The Labute approximate surface area is 196 Å². The van der Waals surface area contributed by atoms with Crippen LogP contribution in [0.2, 0.25) is 0 Å². The van der Waals surface area contributed by atoms with Crippen LogP contribution in [0.3, 0.4) is 0 Å². The fourth-order valence-electron chi connectivity index (χ4n) is 2.96. The third-order valence-electron chi connectivity index (χ3n) is 4.94. The van der Waals surface area contributed by atoms with Gasteiger partial charge in [0.2, 0.25) is 5.91 Å². The zero-order valence-corrected chi connectivity index (χ0v) is 20.1. The normalized spacial score (nSPS) is 10.9. The highest BCUT2D eigenvalue weighted by Gasteiger charge is 2.08. The summed E-state index contributed by atoms with van der Waals surface area (Å²) < 4.78 is 16.5. The number of carbonyl (C=O) groups is 2. The van der Waals surface area contributed by atoms with Crippen molar-refractivity contribution in [3.8, 4) is 11.5 Å². The lowest BCUT2D eigenvalue weighted by Gasteiger charge is -2.11. The second kappa shape index (κ2) is 14.0. The summed E-state index contributed by atoms with van der Waals surface area (Å²) in [7, 11) is 1.60. The van der Waals surface area contributed by atoms with E-state index in [1.165, 1.54) is 6.08 Å². The van der Waals surface area contributed by atoms with Gasteiger partial charge in [-0.25, -0.2) is 4.79 Å². The van der Waals surface area contributed by atoms with Gasteiger partial charge in [0, 0.05) is 11.8 Å². The van der Waals surface area contributed by atoms with Crippen molar-refractivity contribution in [2.24, 2.45) is 5.92 Å². The summed E-state index contributed by atoms with van der Waals surface area (Å²) in [6.45, 7) is 7.36. The summed E-state index contributed by atoms with van der Waals surface area (Å²) >= 11 is 0. The largest absolute Gasteiger partial charge is 0.493 e. The van der Waals surface area contributed by atoms with Gasteiger partial charge in [0.15, 0.2) is 11.5 Å². The maximum atomic E-state index is 12.3. The number of hydrogen-bond acceptors (Lipinski definition) is 5. The molecule has 0 fully saturated rings. The van der Waals surface area contributed by atoms with Crippen LogP contribution >= 0.6 is 0 Å². The van der Waals surface area contributed by atoms with Gasteiger partial charge in [0.25, 0.3) is 0 Å².